The lowest BCUT2D eigenvalue weighted by atomic mass is 9.93. The monoisotopic (exact) mass is 634 g/mol. The molecule has 2 aliphatic heterocycles. The molecule has 5 unspecified atom stereocenters. The summed E-state index contributed by atoms with van der Waals surface area (Å²) >= 11 is 0. The SMILES string of the molecule is CC[C@@H](O)[C@@H](O)[C@H](COC1OC(CO)C(O)C(O)C1O)NC(=O)CCCCCCCCCCC1CN(C(=O)OC(C)(C)C)C1. The first-order chi connectivity index (χ1) is 20.8. The van der Waals surface area contributed by atoms with Crippen LogP contribution < -0.4 is 5.32 Å². The summed E-state index contributed by atoms with van der Waals surface area (Å²) in [6.07, 6.45) is -0.0998. The van der Waals surface area contributed by atoms with Crippen LogP contribution in [0.25, 0.3) is 0 Å². The maximum absolute atomic E-state index is 12.6. The van der Waals surface area contributed by atoms with Gasteiger partial charge in [0.2, 0.25) is 5.91 Å². The molecule has 2 aliphatic rings. The van der Waals surface area contributed by atoms with E-state index in [0.717, 1.165) is 58.0 Å². The van der Waals surface area contributed by atoms with Crippen LogP contribution >= 0.6 is 0 Å². The van der Waals surface area contributed by atoms with E-state index in [1.54, 1.807) is 11.8 Å². The van der Waals surface area contributed by atoms with Gasteiger partial charge in [-0.3, -0.25) is 4.79 Å². The van der Waals surface area contributed by atoms with Crippen molar-refractivity contribution in [2.75, 3.05) is 26.3 Å². The number of aliphatic hydroxyl groups is 6. The molecule has 0 aromatic carbocycles. The molecule has 0 saturated carbocycles. The number of unbranched alkanes of at least 4 members (excludes halogenated alkanes) is 7. The maximum Gasteiger partial charge on any atom is 0.410 e. The van der Waals surface area contributed by atoms with Gasteiger partial charge in [0, 0.05) is 19.5 Å². The molecule has 0 aliphatic carbocycles. The summed E-state index contributed by atoms with van der Waals surface area (Å²) in [5, 5.41) is 62.8. The van der Waals surface area contributed by atoms with Gasteiger partial charge in [0.15, 0.2) is 6.29 Å². The fourth-order valence-electron chi connectivity index (χ4n) is 5.43. The number of likely N-dealkylation sites (tertiary alicyclic amines) is 1. The van der Waals surface area contributed by atoms with Crippen LogP contribution in [0.2, 0.25) is 0 Å². The highest BCUT2D eigenvalue weighted by molar-refractivity contribution is 5.76. The van der Waals surface area contributed by atoms with Gasteiger partial charge in [-0.1, -0.05) is 51.9 Å². The number of carbonyl (C=O) groups excluding carboxylic acids is 2. The summed E-state index contributed by atoms with van der Waals surface area (Å²) in [5.74, 6) is 0.259. The van der Waals surface area contributed by atoms with Crippen LogP contribution in [0.1, 0.15) is 98.3 Å². The lowest BCUT2D eigenvalue weighted by molar-refractivity contribution is -0.303. The quantitative estimate of drug-likeness (QED) is 0.101. The first-order valence-corrected chi connectivity index (χ1v) is 16.3. The van der Waals surface area contributed by atoms with E-state index in [2.05, 4.69) is 5.32 Å². The van der Waals surface area contributed by atoms with Crippen LogP contribution in [0.3, 0.4) is 0 Å². The lowest BCUT2D eigenvalue weighted by Gasteiger charge is -2.40. The highest BCUT2D eigenvalue weighted by Gasteiger charge is 2.44. The fraction of sp³-hybridized carbons (Fsp3) is 0.935. The van der Waals surface area contributed by atoms with E-state index in [0.29, 0.717) is 12.3 Å². The average molecular weight is 635 g/mol. The molecular formula is C31H58N2O11. The highest BCUT2D eigenvalue weighted by Crippen LogP contribution is 2.25. The largest absolute Gasteiger partial charge is 0.444 e. The minimum Gasteiger partial charge on any atom is -0.444 e. The Morgan fingerprint density at radius 3 is 2.09 bits per heavy atom. The summed E-state index contributed by atoms with van der Waals surface area (Å²) in [4.78, 5) is 26.4. The zero-order valence-electron chi connectivity index (χ0n) is 27.0. The van der Waals surface area contributed by atoms with Crippen molar-refractivity contribution in [3.05, 3.63) is 0 Å². The van der Waals surface area contributed by atoms with E-state index in [1.165, 1.54) is 6.42 Å². The van der Waals surface area contributed by atoms with Crippen LogP contribution in [-0.4, -0.2) is 128 Å². The summed E-state index contributed by atoms with van der Waals surface area (Å²) < 4.78 is 16.2. The van der Waals surface area contributed by atoms with Gasteiger partial charge >= 0.3 is 6.09 Å². The molecule has 13 heteroatoms. The van der Waals surface area contributed by atoms with E-state index in [1.807, 2.05) is 20.8 Å². The molecular weight excluding hydrogens is 576 g/mol. The van der Waals surface area contributed by atoms with E-state index >= 15 is 0 Å². The number of hydrogen-bond acceptors (Lipinski definition) is 11. The first-order valence-electron chi connectivity index (χ1n) is 16.3. The van der Waals surface area contributed by atoms with Gasteiger partial charge in [0.25, 0.3) is 0 Å². The number of ether oxygens (including phenoxy) is 3. The zero-order chi connectivity index (χ0) is 32.9. The normalized spacial score (nSPS) is 26.5. The Bertz CT molecular complexity index is 834. The molecule has 0 spiro atoms. The molecule has 0 bridgehead atoms. The van der Waals surface area contributed by atoms with Crippen molar-refractivity contribution < 1.29 is 54.4 Å². The van der Waals surface area contributed by atoms with Crippen molar-refractivity contribution in [1.82, 2.24) is 10.2 Å². The van der Waals surface area contributed by atoms with Gasteiger partial charge in [-0.25, -0.2) is 4.79 Å². The van der Waals surface area contributed by atoms with Gasteiger partial charge in [-0.05, 0) is 46.0 Å². The van der Waals surface area contributed by atoms with Crippen molar-refractivity contribution >= 4 is 12.0 Å². The molecule has 7 N–H and O–H groups in total. The minimum absolute atomic E-state index is 0.222. The molecule has 0 radical (unpaired) electrons. The van der Waals surface area contributed by atoms with Gasteiger partial charge < -0.3 is 55.1 Å². The Kier molecular flexibility index (Phi) is 16.8. The molecule has 44 heavy (non-hydrogen) atoms. The molecule has 2 fully saturated rings. The Labute approximate surface area is 261 Å². The van der Waals surface area contributed by atoms with Gasteiger partial charge in [0.1, 0.15) is 36.1 Å². The summed E-state index contributed by atoms with van der Waals surface area (Å²) in [5.41, 5.74) is -0.460. The molecule has 2 amide bonds. The molecule has 2 heterocycles. The summed E-state index contributed by atoms with van der Waals surface area (Å²) in [6.45, 7) is 7.93. The molecule has 0 aromatic rings. The van der Waals surface area contributed by atoms with Crippen molar-refractivity contribution in [2.24, 2.45) is 5.92 Å². The van der Waals surface area contributed by atoms with E-state index in [9.17, 15) is 40.2 Å². The van der Waals surface area contributed by atoms with E-state index < -0.39 is 61.2 Å². The Hall–Kier alpha value is -1.58. The molecule has 0 aromatic heterocycles. The van der Waals surface area contributed by atoms with Gasteiger partial charge in [-0.2, -0.15) is 0 Å². The molecule has 258 valence electrons. The van der Waals surface area contributed by atoms with E-state index in [4.69, 9.17) is 14.2 Å². The third kappa shape index (κ3) is 13.0. The standard InChI is InChI=1S/C31H58N2O11/c1-5-22(35)25(37)21(19-42-29-28(40)27(39)26(38)23(18-34)43-29)32-24(36)15-13-11-9-7-6-8-10-12-14-20-16-33(17-20)30(41)44-31(2,3)4/h20-23,25-29,34-35,37-40H,5-19H2,1-4H3,(H,32,36)/t21-,22+,23?,25-,26?,27?,28?,29?/m0/s1. The second kappa shape index (κ2) is 19.2. The first kappa shape index (κ1) is 38.6. The average Bonchev–Trinajstić information content (AvgIpc) is 2.94. The lowest BCUT2D eigenvalue weighted by Crippen LogP contribution is -2.60. The molecule has 8 atom stereocenters. The number of amides is 2. The third-order valence-electron chi connectivity index (χ3n) is 8.23. The number of hydrogen-bond donors (Lipinski definition) is 7. The van der Waals surface area contributed by atoms with Crippen LogP contribution in [0.15, 0.2) is 0 Å². The zero-order valence-corrected chi connectivity index (χ0v) is 27.0. The number of nitrogens with zero attached hydrogens (tertiary/aromatic N) is 1. The van der Waals surface area contributed by atoms with Crippen molar-refractivity contribution in [3.63, 3.8) is 0 Å². The Morgan fingerprint density at radius 1 is 0.932 bits per heavy atom. The minimum atomic E-state index is -1.61. The van der Waals surface area contributed by atoms with E-state index in [-0.39, 0.29) is 31.4 Å². The smallest absolute Gasteiger partial charge is 0.410 e. The maximum atomic E-state index is 12.6. The fourth-order valence-corrected chi connectivity index (χ4v) is 5.43. The predicted octanol–water partition coefficient (Wildman–Crippen LogP) is 1.19. The predicted molar refractivity (Wildman–Crippen MR) is 161 cm³/mol. The van der Waals surface area contributed by atoms with Crippen molar-refractivity contribution in [1.29, 1.82) is 0 Å². The summed E-state index contributed by atoms with van der Waals surface area (Å²) in [7, 11) is 0. The summed E-state index contributed by atoms with van der Waals surface area (Å²) in [6, 6.07) is -1.01. The molecule has 13 nitrogen and oxygen atoms in total. The van der Waals surface area contributed by atoms with Crippen LogP contribution in [0.4, 0.5) is 4.79 Å². The van der Waals surface area contributed by atoms with Crippen LogP contribution in [0, 0.1) is 5.92 Å². The Balaban J connectivity index is 1.58. The Morgan fingerprint density at radius 2 is 1.52 bits per heavy atom. The van der Waals surface area contributed by atoms with Crippen LogP contribution in [-0.2, 0) is 19.0 Å². The van der Waals surface area contributed by atoms with Crippen molar-refractivity contribution in [3.8, 4) is 0 Å². The second-order valence-corrected chi connectivity index (χ2v) is 13.3. The topological polar surface area (TPSA) is 198 Å². The number of rotatable bonds is 19. The highest BCUT2D eigenvalue weighted by atomic mass is 16.7. The third-order valence-corrected chi connectivity index (χ3v) is 8.23. The van der Waals surface area contributed by atoms with Gasteiger partial charge in [-0.15, -0.1) is 0 Å². The second-order valence-electron chi connectivity index (χ2n) is 13.3. The number of carbonyl (C=O) groups is 2. The molecule has 2 saturated heterocycles. The van der Waals surface area contributed by atoms with Crippen molar-refractivity contribution in [2.45, 2.75) is 153 Å². The number of aliphatic hydroxyl groups excluding tert-OH is 6. The number of nitrogens with one attached hydrogen (secondary N) is 1. The van der Waals surface area contributed by atoms with Crippen LogP contribution in [0.5, 0.6) is 0 Å². The molecule has 2 rings (SSSR count). The van der Waals surface area contributed by atoms with Gasteiger partial charge in [0.05, 0.1) is 25.4 Å².